The number of amides is 2. The van der Waals surface area contributed by atoms with E-state index in [1.165, 1.54) is 0 Å². The molecule has 1 unspecified atom stereocenters. The maximum Gasteiger partial charge on any atom is 0.317 e. The number of urea groups is 1. The summed E-state index contributed by atoms with van der Waals surface area (Å²) in [7, 11) is 0. The van der Waals surface area contributed by atoms with Gasteiger partial charge in [0.15, 0.2) is 0 Å². The van der Waals surface area contributed by atoms with E-state index in [0.29, 0.717) is 17.6 Å². The van der Waals surface area contributed by atoms with Crippen molar-refractivity contribution >= 4 is 17.6 Å². The zero-order valence-electron chi connectivity index (χ0n) is 10.7. The summed E-state index contributed by atoms with van der Waals surface area (Å²) < 4.78 is 0. The minimum atomic E-state index is -0.0403. The number of carbonyl (C=O) groups excluding carboxylic acids is 1. The van der Waals surface area contributed by atoms with Crippen LogP contribution in [-0.4, -0.2) is 54.6 Å². The van der Waals surface area contributed by atoms with E-state index >= 15 is 0 Å². The van der Waals surface area contributed by atoms with Crippen LogP contribution in [0.4, 0.5) is 4.79 Å². The minimum absolute atomic E-state index is 0.0403. The zero-order chi connectivity index (χ0) is 12.8. The summed E-state index contributed by atoms with van der Waals surface area (Å²) in [5, 5.41) is 3.21. The zero-order valence-corrected chi connectivity index (χ0v) is 11.5. The molecule has 0 bridgehead atoms. The average Bonchev–Trinajstić information content (AvgIpc) is 2.77. The van der Waals surface area contributed by atoms with E-state index < -0.39 is 0 Å². The highest BCUT2D eigenvalue weighted by Gasteiger charge is 2.28. The molecule has 1 rings (SSSR count). The molecule has 1 fully saturated rings. The third-order valence-corrected chi connectivity index (χ3v) is 3.34. The lowest BCUT2D eigenvalue weighted by atomic mass is 10.2. The molecular formula is C12H22ClN3O. The molecule has 5 heteroatoms. The second kappa shape index (κ2) is 6.87. The van der Waals surface area contributed by atoms with Crippen LogP contribution in [0.5, 0.6) is 0 Å². The molecule has 4 nitrogen and oxygen atoms in total. The van der Waals surface area contributed by atoms with Gasteiger partial charge in [-0.15, -0.1) is 0 Å². The highest BCUT2D eigenvalue weighted by Crippen LogP contribution is 2.15. The molecular weight excluding hydrogens is 238 g/mol. The Kier molecular flexibility index (Phi) is 5.78. The first-order valence-electron chi connectivity index (χ1n) is 6.18. The topological polar surface area (TPSA) is 35.6 Å². The quantitative estimate of drug-likeness (QED) is 0.818. The van der Waals surface area contributed by atoms with Gasteiger partial charge in [0.1, 0.15) is 0 Å². The first-order chi connectivity index (χ1) is 8.08. The third kappa shape index (κ3) is 4.21. The highest BCUT2D eigenvalue weighted by atomic mass is 35.5. The summed E-state index contributed by atoms with van der Waals surface area (Å²) in [6, 6.07) is 0.455. The fourth-order valence-electron chi connectivity index (χ4n) is 2.25. The van der Waals surface area contributed by atoms with E-state index in [9.17, 15) is 4.79 Å². The molecule has 98 valence electrons. The largest absolute Gasteiger partial charge is 0.333 e. The molecule has 0 aromatic heterocycles. The molecule has 1 aliphatic heterocycles. The van der Waals surface area contributed by atoms with Crippen LogP contribution >= 0.6 is 11.6 Å². The van der Waals surface area contributed by atoms with Gasteiger partial charge in [0.05, 0.1) is 6.54 Å². The molecule has 0 radical (unpaired) electrons. The van der Waals surface area contributed by atoms with Crippen molar-refractivity contribution in [2.75, 3.05) is 32.7 Å². The van der Waals surface area contributed by atoms with Crippen LogP contribution in [0.2, 0.25) is 0 Å². The SMILES string of the molecule is C=C(Cl)CNC(=O)N1CCC(N(CC)CC)C1. The number of likely N-dealkylation sites (N-methyl/N-ethyl adjacent to an activating group) is 1. The summed E-state index contributed by atoms with van der Waals surface area (Å²) in [6.45, 7) is 11.9. The molecule has 17 heavy (non-hydrogen) atoms. The Morgan fingerprint density at radius 2 is 2.18 bits per heavy atom. The van der Waals surface area contributed by atoms with Gasteiger partial charge in [0.2, 0.25) is 0 Å². The number of nitrogens with zero attached hydrogens (tertiary/aromatic N) is 2. The van der Waals surface area contributed by atoms with Gasteiger partial charge in [0, 0.05) is 24.2 Å². The number of hydrogen-bond donors (Lipinski definition) is 1. The number of hydrogen-bond acceptors (Lipinski definition) is 2. The summed E-state index contributed by atoms with van der Waals surface area (Å²) in [5.41, 5.74) is 0. The van der Waals surface area contributed by atoms with E-state index in [-0.39, 0.29) is 6.03 Å². The third-order valence-electron chi connectivity index (χ3n) is 3.21. The second-order valence-corrected chi connectivity index (χ2v) is 4.82. The molecule has 1 N–H and O–H groups in total. The Bertz CT molecular complexity index is 279. The smallest absolute Gasteiger partial charge is 0.317 e. The van der Waals surface area contributed by atoms with Gasteiger partial charge >= 0.3 is 6.03 Å². The van der Waals surface area contributed by atoms with Crippen molar-refractivity contribution in [3.8, 4) is 0 Å². The standard InChI is InChI=1S/C12H22ClN3O/c1-4-15(5-2)11-6-7-16(9-11)12(17)14-8-10(3)13/h11H,3-9H2,1-2H3,(H,14,17). The van der Waals surface area contributed by atoms with Crippen molar-refractivity contribution in [2.24, 2.45) is 0 Å². The number of carbonyl (C=O) groups is 1. The van der Waals surface area contributed by atoms with Crippen molar-refractivity contribution in [1.29, 1.82) is 0 Å². The Balaban J connectivity index is 2.38. The van der Waals surface area contributed by atoms with E-state index in [1.54, 1.807) is 0 Å². The molecule has 2 amide bonds. The summed E-state index contributed by atoms with van der Waals surface area (Å²) in [6.07, 6.45) is 1.05. The van der Waals surface area contributed by atoms with E-state index in [4.69, 9.17) is 11.6 Å². The van der Waals surface area contributed by atoms with Gasteiger partial charge in [0.25, 0.3) is 0 Å². The lowest BCUT2D eigenvalue weighted by Gasteiger charge is -2.26. The molecule has 1 saturated heterocycles. The predicted octanol–water partition coefficient (Wildman–Crippen LogP) is 1.86. The molecule has 1 atom stereocenters. The Labute approximate surface area is 109 Å². The van der Waals surface area contributed by atoms with Crippen LogP contribution < -0.4 is 5.32 Å². The lowest BCUT2D eigenvalue weighted by molar-refractivity contribution is 0.193. The van der Waals surface area contributed by atoms with Gasteiger partial charge in [-0.05, 0) is 19.5 Å². The van der Waals surface area contributed by atoms with E-state index in [0.717, 1.165) is 32.6 Å². The summed E-state index contributed by atoms with van der Waals surface area (Å²) in [4.78, 5) is 16.0. The van der Waals surface area contributed by atoms with Gasteiger partial charge in [-0.25, -0.2) is 4.79 Å². The Morgan fingerprint density at radius 1 is 1.53 bits per heavy atom. The van der Waals surface area contributed by atoms with Crippen LogP contribution in [0, 0.1) is 0 Å². The molecule has 0 aliphatic carbocycles. The van der Waals surface area contributed by atoms with Crippen molar-refractivity contribution < 1.29 is 4.79 Å². The van der Waals surface area contributed by atoms with Gasteiger partial charge in [-0.3, -0.25) is 4.90 Å². The first-order valence-corrected chi connectivity index (χ1v) is 6.56. The minimum Gasteiger partial charge on any atom is -0.333 e. The number of rotatable bonds is 5. The van der Waals surface area contributed by atoms with Crippen LogP contribution in [0.25, 0.3) is 0 Å². The summed E-state index contributed by atoms with van der Waals surface area (Å²) in [5.74, 6) is 0. The van der Waals surface area contributed by atoms with Crippen molar-refractivity contribution in [3.05, 3.63) is 11.6 Å². The molecule has 1 aliphatic rings. The van der Waals surface area contributed by atoms with Gasteiger partial charge < -0.3 is 10.2 Å². The normalized spacial score (nSPS) is 19.8. The summed E-state index contributed by atoms with van der Waals surface area (Å²) >= 11 is 5.62. The molecule has 0 spiro atoms. The van der Waals surface area contributed by atoms with Crippen molar-refractivity contribution in [2.45, 2.75) is 26.3 Å². The fraction of sp³-hybridized carbons (Fsp3) is 0.750. The maximum atomic E-state index is 11.8. The number of likely N-dealkylation sites (tertiary alicyclic amines) is 1. The Hall–Kier alpha value is -0.740. The molecule has 0 saturated carbocycles. The van der Waals surface area contributed by atoms with E-state index in [2.05, 4.69) is 30.6 Å². The van der Waals surface area contributed by atoms with Crippen LogP contribution in [-0.2, 0) is 0 Å². The number of nitrogens with one attached hydrogen (secondary N) is 1. The first kappa shape index (κ1) is 14.3. The second-order valence-electron chi connectivity index (χ2n) is 4.29. The monoisotopic (exact) mass is 259 g/mol. The van der Waals surface area contributed by atoms with Crippen molar-refractivity contribution in [3.63, 3.8) is 0 Å². The molecule has 1 heterocycles. The fourth-order valence-corrected chi connectivity index (χ4v) is 2.31. The highest BCUT2D eigenvalue weighted by molar-refractivity contribution is 6.29. The average molecular weight is 260 g/mol. The van der Waals surface area contributed by atoms with Crippen molar-refractivity contribution in [1.82, 2.24) is 15.1 Å². The van der Waals surface area contributed by atoms with Gasteiger partial charge in [-0.2, -0.15) is 0 Å². The van der Waals surface area contributed by atoms with Crippen LogP contribution in [0.15, 0.2) is 11.6 Å². The molecule has 0 aromatic rings. The number of halogens is 1. The molecule has 0 aromatic carbocycles. The van der Waals surface area contributed by atoms with Crippen LogP contribution in [0.1, 0.15) is 20.3 Å². The maximum absolute atomic E-state index is 11.8. The van der Waals surface area contributed by atoms with E-state index in [1.807, 2.05) is 4.90 Å². The predicted molar refractivity (Wildman–Crippen MR) is 71.3 cm³/mol. The van der Waals surface area contributed by atoms with Crippen LogP contribution in [0.3, 0.4) is 0 Å². The Morgan fingerprint density at radius 3 is 2.71 bits per heavy atom. The lowest BCUT2D eigenvalue weighted by Crippen LogP contribution is -2.42. The van der Waals surface area contributed by atoms with Gasteiger partial charge in [-0.1, -0.05) is 32.0 Å².